The molecule has 5 heteroatoms. The van der Waals surface area contributed by atoms with Gasteiger partial charge in [-0.15, -0.1) is 0 Å². The molecule has 0 atom stereocenters. The van der Waals surface area contributed by atoms with Crippen molar-refractivity contribution in [3.05, 3.63) is 0 Å². The smallest absolute Gasteiger partial charge is 0.312 e. The first-order valence-corrected chi connectivity index (χ1v) is 7.92. The number of carbonyl (C=O) groups excluding carboxylic acids is 2. The summed E-state index contributed by atoms with van der Waals surface area (Å²) in [6, 6.07) is -0.210. The molecule has 0 N–H and O–H groups in total. The molecule has 2 aliphatic heterocycles. The van der Waals surface area contributed by atoms with E-state index in [1.165, 1.54) is 4.90 Å². The highest BCUT2D eigenvalue weighted by Gasteiger charge is 2.57. The second kappa shape index (κ2) is 5.27. The zero-order valence-electron chi connectivity index (χ0n) is 14.3. The van der Waals surface area contributed by atoms with Crippen molar-refractivity contribution < 1.29 is 9.59 Å². The van der Waals surface area contributed by atoms with Crippen LogP contribution in [0.1, 0.15) is 47.5 Å². The van der Waals surface area contributed by atoms with E-state index in [-0.39, 0.29) is 23.4 Å². The molecule has 5 nitrogen and oxygen atoms in total. The van der Waals surface area contributed by atoms with Crippen molar-refractivity contribution in [1.29, 1.82) is 0 Å². The molecule has 2 rings (SSSR count). The molecular formula is C16H29N3O2. The Morgan fingerprint density at radius 1 is 1.14 bits per heavy atom. The number of likely N-dealkylation sites (N-methyl/N-ethyl adjacent to an activating group) is 1. The fourth-order valence-corrected chi connectivity index (χ4v) is 3.56. The highest BCUT2D eigenvalue weighted by Crippen LogP contribution is 2.37. The standard InChI is InChI=1S/C16H29N3O2/c1-12(2)19-13(20)16(17(6)14(19)21)7-9-18(10-8-16)11-15(3,4)5/h12H,7-11H2,1-6H3. The van der Waals surface area contributed by atoms with E-state index in [0.29, 0.717) is 0 Å². The number of nitrogens with zero attached hydrogens (tertiary/aromatic N) is 3. The van der Waals surface area contributed by atoms with Crippen molar-refractivity contribution in [2.24, 2.45) is 5.41 Å². The van der Waals surface area contributed by atoms with Gasteiger partial charge in [0.1, 0.15) is 5.54 Å². The van der Waals surface area contributed by atoms with E-state index < -0.39 is 5.54 Å². The fraction of sp³-hybridized carbons (Fsp3) is 0.875. The van der Waals surface area contributed by atoms with Crippen LogP contribution >= 0.6 is 0 Å². The zero-order valence-corrected chi connectivity index (χ0v) is 14.3. The van der Waals surface area contributed by atoms with Gasteiger partial charge in [-0.3, -0.25) is 9.69 Å². The van der Waals surface area contributed by atoms with Gasteiger partial charge in [-0.1, -0.05) is 20.8 Å². The Labute approximate surface area is 128 Å². The van der Waals surface area contributed by atoms with Gasteiger partial charge in [0, 0.05) is 32.7 Å². The number of likely N-dealkylation sites (tertiary alicyclic amines) is 1. The predicted molar refractivity (Wildman–Crippen MR) is 83.0 cm³/mol. The lowest BCUT2D eigenvalue weighted by Gasteiger charge is -2.42. The van der Waals surface area contributed by atoms with Gasteiger partial charge in [0.2, 0.25) is 0 Å². The van der Waals surface area contributed by atoms with Crippen LogP contribution in [0.2, 0.25) is 0 Å². The molecule has 0 aromatic heterocycles. The molecule has 0 aromatic carbocycles. The summed E-state index contributed by atoms with van der Waals surface area (Å²) in [5, 5.41) is 0. The lowest BCUT2D eigenvalue weighted by Crippen LogP contribution is -2.56. The van der Waals surface area contributed by atoms with Crippen molar-refractivity contribution in [2.75, 3.05) is 26.7 Å². The molecule has 2 saturated heterocycles. The van der Waals surface area contributed by atoms with E-state index in [1.807, 2.05) is 13.8 Å². The molecular weight excluding hydrogens is 266 g/mol. The number of urea groups is 1. The van der Waals surface area contributed by atoms with E-state index in [1.54, 1.807) is 11.9 Å². The van der Waals surface area contributed by atoms with E-state index in [2.05, 4.69) is 25.7 Å². The maximum Gasteiger partial charge on any atom is 0.327 e. The Hall–Kier alpha value is -1.10. The molecule has 2 aliphatic rings. The monoisotopic (exact) mass is 295 g/mol. The highest BCUT2D eigenvalue weighted by molar-refractivity contribution is 6.07. The Morgan fingerprint density at radius 3 is 2.05 bits per heavy atom. The molecule has 0 bridgehead atoms. The van der Waals surface area contributed by atoms with E-state index in [0.717, 1.165) is 32.5 Å². The van der Waals surface area contributed by atoms with Crippen LogP contribution in [0.3, 0.4) is 0 Å². The van der Waals surface area contributed by atoms with Crippen molar-refractivity contribution >= 4 is 11.9 Å². The van der Waals surface area contributed by atoms with E-state index >= 15 is 0 Å². The summed E-state index contributed by atoms with van der Waals surface area (Å²) in [6.45, 7) is 13.3. The van der Waals surface area contributed by atoms with Crippen molar-refractivity contribution in [2.45, 2.75) is 59.0 Å². The van der Waals surface area contributed by atoms with Gasteiger partial charge in [-0.2, -0.15) is 0 Å². The lowest BCUT2D eigenvalue weighted by molar-refractivity contribution is -0.136. The molecule has 120 valence electrons. The van der Waals surface area contributed by atoms with Crippen LogP contribution in [0, 0.1) is 5.41 Å². The van der Waals surface area contributed by atoms with Gasteiger partial charge < -0.3 is 9.80 Å². The highest BCUT2D eigenvalue weighted by atomic mass is 16.2. The maximum atomic E-state index is 12.8. The van der Waals surface area contributed by atoms with Gasteiger partial charge >= 0.3 is 6.03 Å². The van der Waals surface area contributed by atoms with Crippen molar-refractivity contribution in [1.82, 2.24) is 14.7 Å². The topological polar surface area (TPSA) is 43.9 Å². The summed E-state index contributed by atoms with van der Waals surface area (Å²) in [5.41, 5.74) is -0.342. The molecule has 0 saturated carbocycles. The summed E-state index contributed by atoms with van der Waals surface area (Å²) in [5.74, 6) is 0.000378. The number of carbonyl (C=O) groups is 2. The molecule has 1 spiro atoms. The van der Waals surface area contributed by atoms with E-state index in [4.69, 9.17) is 0 Å². The largest absolute Gasteiger partial charge is 0.327 e. The van der Waals surface area contributed by atoms with Gasteiger partial charge in [0.25, 0.3) is 5.91 Å². The Balaban J connectivity index is 2.12. The summed E-state index contributed by atoms with van der Waals surface area (Å²) in [7, 11) is 1.78. The Morgan fingerprint density at radius 2 is 1.67 bits per heavy atom. The number of hydrogen-bond donors (Lipinski definition) is 0. The van der Waals surface area contributed by atoms with E-state index in [9.17, 15) is 9.59 Å². The first-order chi connectivity index (χ1) is 9.58. The molecule has 3 amide bonds. The molecule has 0 unspecified atom stereocenters. The summed E-state index contributed by atoms with van der Waals surface area (Å²) < 4.78 is 0. The summed E-state index contributed by atoms with van der Waals surface area (Å²) in [4.78, 5) is 30.7. The SMILES string of the molecule is CC(C)N1C(=O)N(C)C2(CCN(CC(C)(C)C)CC2)C1=O. The summed E-state index contributed by atoms with van der Waals surface area (Å²) >= 11 is 0. The van der Waals surface area contributed by atoms with Crippen molar-refractivity contribution in [3.63, 3.8) is 0 Å². The molecule has 2 heterocycles. The molecule has 0 aliphatic carbocycles. The predicted octanol–water partition coefficient (Wildman–Crippen LogP) is 2.17. The third-order valence-electron chi connectivity index (χ3n) is 4.65. The number of rotatable bonds is 2. The number of hydrogen-bond acceptors (Lipinski definition) is 3. The minimum absolute atomic E-state index is 0.000378. The summed E-state index contributed by atoms with van der Waals surface area (Å²) in [6.07, 6.45) is 1.49. The molecule has 2 fully saturated rings. The molecule has 0 aromatic rings. The minimum atomic E-state index is -0.601. The van der Waals surface area contributed by atoms with Crippen molar-refractivity contribution in [3.8, 4) is 0 Å². The Kier molecular flexibility index (Phi) is 4.08. The first kappa shape index (κ1) is 16.3. The van der Waals surface area contributed by atoms with Crippen LogP contribution in [-0.2, 0) is 4.79 Å². The zero-order chi connectivity index (χ0) is 16.0. The second-order valence-electron chi connectivity index (χ2n) is 7.98. The fourth-order valence-electron chi connectivity index (χ4n) is 3.56. The van der Waals surface area contributed by atoms with Crippen LogP contribution < -0.4 is 0 Å². The normalized spacial score (nSPS) is 23.8. The number of piperidine rings is 1. The number of imide groups is 1. The third-order valence-corrected chi connectivity index (χ3v) is 4.65. The molecule has 0 radical (unpaired) electrons. The van der Waals surface area contributed by atoms with Crippen LogP contribution in [-0.4, -0.2) is 64.9 Å². The van der Waals surface area contributed by atoms with Crippen LogP contribution in [0.5, 0.6) is 0 Å². The van der Waals surface area contributed by atoms with Crippen LogP contribution in [0.4, 0.5) is 4.79 Å². The van der Waals surface area contributed by atoms with Crippen LogP contribution in [0.25, 0.3) is 0 Å². The number of amides is 3. The van der Waals surface area contributed by atoms with Crippen LogP contribution in [0.15, 0.2) is 0 Å². The lowest BCUT2D eigenvalue weighted by atomic mass is 9.85. The van der Waals surface area contributed by atoms with Gasteiger partial charge in [-0.25, -0.2) is 4.79 Å². The second-order valence-corrected chi connectivity index (χ2v) is 7.98. The third kappa shape index (κ3) is 2.80. The van der Waals surface area contributed by atoms with Gasteiger partial charge in [-0.05, 0) is 32.1 Å². The minimum Gasteiger partial charge on any atom is -0.312 e. The average molecular weight is 295 g/mol. The van der Waals surface area contributed by atoms with Gasteiger partial charge in [0.05, 0.1) is 0 Å². The van der Waals surface area contributed by atoms with Gasteiger partial charge in [0.15, 0.2) is 0 Å². The maximum absolute atomic E-state index is 12.8. The molecule has 21 heavy (non-hydrogen) atoms. The quantitative estimate of drug-likeness (QED) is 0.733. The first-order valence-electron chi connectivity index (χ1n) is 7.92. The average Bonchev–Trinajstić information content (AvgIpc) is 2.53. The Bertz CT molecular complexity index is 431.